The van der Waals surface area contributed by atoms with Gasteiger partial charge in [0.15, 0.2) is 0 Å². The van der Waals surface area contributed by atoms with E-state index in [-0.39, 0.29) is 0 Å². The van der Waals surface area contributed by atoms with Gasteiger partial charge in [-0.3, -0.25) is 4.90 Å². The van der Waals surface area contributed by atoms with E-state index >= 15 is 0 Å². The van der Waals surface area contributed by atoms with Gasteiger partial charge in [-0.25, -0.2) is 0 Å². The van der Waals surface area contributed by atoms with Crippen LogP contribution in [0, 0.1) is 0 Å². The molecule has 0 saturated heterocycles. The second-order valence-electron chi connectivity index (χ2n) is 5.53. The molecular weight excluding hydrogens is 246 g/mol. The van der Waals surface area contributed by atoms with Gasteiger partial charge in [0.2, 0.25) is 0 Å². The van der Waals surface area contributed by atoms with Crippen molar-refractivity contribution in [3.05, 3.63) is 0 Å². The highest BCUT2D eigenvalue weighted by Crippen LogP contribution is 2.23. The van der Waals surface area contributed by atoms with Gasteiger partial charge < -0.3 is 4.79 Å². The Bertz CT molecular complexity index is 227. The van der Waals surface area contributed by atoms with Gasteiger partial charge in [-0.2, -0.15) is 0 Å². The first-order valence-electron chi connectivity index (χ1n) is 7.53. The Labute approximate surface area is 117 Å². The fraction of sp³-hybridized carbons (Fsp3) is 0.933. The third-order valence-corrected chi connectivity index (χ3v) is 4.11. The van der Waals surface area contributed by atoms with E-state index < -0.39 is 0 Å². The van der Waals surface area contributed by atoms with E-state index in [0.29, 0.717) is 5.78 Å². The molecule has 0 amide bonds. The van der Waals surface area contributed by atoms with E-state index in [2.05, 4.69) is 4.90 Å². The van der Waals surface area contributed by atoms with E-state index in [1.807, 2.05) is 0 Å². The van der Waals surface area contributed by atoms with Gasteiger partial charge in [0.1, 0.15) is 5.78 Å². The molecule has 2 nitrogen and oxygen atoms in total. The smallest absolute Gasteiger partial charge is 0.129 e. The number of carbonyl (C=O) groups is 1. The van der Waals surface area contributed by atoms with Crippen LogP contribution in [-0.4, -0.2) is 35.7 Å². The van der Waals surface area contributed by atoms with Crippen molar-refractivity contribution >= 4 is 17.4 Å². The Balaban J connectivity index is 2.18. The van der Waals surface area contributed by atoms with E-state index in [4.69, 9.17) is 11.6 Å². The lowest BCUT2D eigenvalue weighted by Gasteiger charge is -2.34. The number of nitrogens with zero attached hydrogens (tertiary/aromatic N) is 1. The number of alkyl halides is 1. The summed E-state index contributed by atoms with van der Waals surface area (Å²) in [5.74, 6) is 1.06. The normalized spacial score (nSPS) is 17.3. The van der Waals surface area contributed by atoms with Crippen LogP contribution in [0.2, 0.25) is 0 Å². The van der Waals surface area contributed by atoms with Crippen molar-refractivity contribution in [2.45, 2.75) is 70.8 Å². The number of hydrogen-bond acceptors (Lipinski definition) is 2. The molecule has 1 aliphatic carbocycles. The molecule has 18 heavy (non-hydrogen) atoms. The molecule has 0 heterocycles. The largest absolute Gasteiger partial charge is 0.300 e. The lowest BCUT2D eigenvalue weighted by molar-refractivity contribution is -0.117. The van der Waals surface area contributed by atoms with Gasteiger partial charge in [0.25, 0.3) is 0 Å². The number of Topliss-reactive ketones (excluding diaryl/α,β-unsaturated/α-hetero) is 1. The van der Waals surface area contributed by atoms with Gasteiger partial charge >= 0.3 is 0 Å². The monoisotopic (exact) mass is 273 g/mol. The van der Waals surface area contributed by atoms with Crippen molar-refractivity contribution in [3.63, 3.8) is 0 Å². The molecule has 0 aromatic heterocycles. The van der Waals surface area contributed by atoms with E-state index in [1.165, 1.54) is 44.9 Å². The highest BCUT2D eigenvalue weighted by atomic mass is 35.5. The summed E-state index contributed by atoms with van der Waals surface area (Å²) in [5.41, 5.74) is 0. The molecule has 0 spiro atoms. The fourth-order valence-electron chi connectivity index (χ4n) is 2.90. The van der Waals surface area contributed by atoms with Crippen LogP contribution in [0.5, 0.6) is 0 Å². The van der Waals surface area contributed by atoms with E-state index in [9.17, 15) is 4.79 Å². The van der Waals surface area contributed by atoms with Crippen molar-refractivity contribution < 1.29 is 4.79 Å². The Morgan fingerprint density at radius 1 is 1.11 bits per heavy atom. The number of halogens is 1. The van der Waals surface area contributed by atoms with Crippen molar-refractivity contribution in [3.8, 4) is 0 Å². The minimum absolute atomic E-state index is 0.319. The van der Waals surface area contributed by atoms with Crippen LogP contribution in [-0.2, 0) is 4.79 Å². The first-order chi connectivity index (χ1) is 8.74. The molecule has 1 fully saturated rings. The van der Waals surface area contributed by atoms with E-state index in [1.54, 1.807) is 6.92 Å². The zero-order chi connectivity index (χ0) is 13.2. The van der Waals surface area contributed by atoms with Gasteiger partial charge in [0, 0.05) is 24.9 Å². The predicted molar refractivity (Wildman–Crippen MR) is 78.3 cm³/mol. The summed E-state index contributed by atoms with van der Waals surface area (Å²) in [6, 6.07) is 0.769. The molecule has 0 radical (unpaired) electrons. The summed E-state index contributed by atoms with van der Waals surface area (Å²) < 4.78 is 0. The van der Waals surface area contributed by atoms with Crippen LogP contribution < -0.4 is 0 Å². The molecule has 3 heteroatoms. The topological polar surface area (TPSA) is 20.3 Å². The standard InChI is InChI=1S/C15H28ClNO/c1-14(18)8-4-3-7-12-17(13-11-16)15-9-5-2-6-10-15/h15H,2-13H2,1H3. The molecule has 1 saturated carbocycles. The second-order valence-corrected chi connectivity index (χ2v) is 5.91. The minimum atomic E-state index is 0.319. The lowest BCUT2D eigenvalue weighted by atomic mass is 9.94. The molecule has 1 aliphatic rings. The average molecular weight is 274 g/mol. The van der Waals surface area contributed by atoms with Crippen LogP contribution in [0.3, 0.4) is 0 Å². The number of ketones is 1. The van der Waals surface area contributed by atoms with Crippen molar-refractivity contribution in [1.29, 1.82) is 0 Å². The van der Waals surface area contributed by atoms with Crippen molar-refractivity contribution in [2.75, 3.05) is 19.0 Å². The third-order valence-electron chi connectivity index (χ3n) is 3.94. The van der Waals surface area contributed by atoms with Crippen molar-refractivity contribution in [1.82, 2.24) is 4.90 Å². The van der Waals surface area contributed by atoms with Gasteiger partial charge in [0.05, 0.1) is 0 Å². The first-order valence-corrected chi connectivity index (χ1v) is 8.07. The molecule has 106 valence electrons. The quantitative estimate of drug-likeness (QED) is 0.467. The maximum absolute atomic E-state index is 10.9. The molecule has 0 N–H and O–H groups in total. The summed E-state index contributed by atoms with van der Waals surface area (Å²) in [6.07, 6.45) is 11.1. The zero-order valence-electron chi connectivity index (χ0n) is 11.8. The molecule has 0 atom stereocenters. The molecule has 0 aliphatic heterocycles. The SMILES string of the molecule is CC(=O)CCCCCN(CCCl)C1CCCCC1. The molecular formula is C15H28ClNO. The molecule has 0 unspecified atom stereocenters. The van der Waals surface area contributed by atoms with Crippen LogP contribution in [0.25, 0.3) is 0 Å². The lowest BCUT2D eigenvalue weighted by Crippen LogP contribution is -2.38. The summed E-state index contributed by atoms with van der Waals surface area (Å²) in [7, 11) is 0. The second kappa shape index (κ2) is 9.80. The van der Waals surface area contributed by atoms with Gasteiger partial charge in [-0.15, -0.1) is 11.6 Å². The molecule has 0 bridgehead atoms. The summed E-state index contributed by atoms with van der Waals surface area (Å²) in [6.45, 7) is 3.87. The fourth-order valence-corrected chi connectivity index (χ4v) is 3.11. The Morgan fingerprint density at radius 2 is 1.83 bits per heavy atom. The van der Waals surface area contributed by atoms with Crippen molar-refractivity contribution in [2.24, 2.45) is 0 Å². The Hall–Kier alpha value is -0.0800. The average Bonchev–Trinajstić information content (AvgIpc) is 2.38. The Kier molecular flexibility index (Phi) is 8.70. The summed E-state index contributed by atoms with van der Waals surface area (Å²) in [4.78, 5) is 13.4. The predicted octanol–water partition coefficient (Wildman–Crippen LogP) is 4.01. The highest BCUT2D eigenvalue weighted by molar-refractivity contribution is 6.18. The Morgan fingerprint density at radius 3 is 2.44 bits per heavy atom. The van der Waals surface area contributed by atoms with E-state index in [0.717, 1.165) is 37.9 Å². The van der Waals surface area contributed by atoms with Crippen LogP contribution in [0.4, 0.5) is 0 Å². The maximum Gasteiger partial charge on any atom is 0.129 e. The third kappa shape index (κ3) is 6.75. The number of rotatable bonds is 9. The van der Waals surface area contributed by atoms with Crippen LogP contribution in [0.15, 0.2) is 0 Å². The number of hydrogen-bond donors (Lipinski definition) is 0. The van der Waals surface area contributed by atoms with Crippen LogP contribution in [0.1, 0.15) is 64.7 Å². The minimum Gasteiger partial charge on any atom is -0.300 e. The molecule has 0 aromatic carbocycles. The number of carbonyl (C=O) groups excluding carboxylic acids is 1. The number of unbranched alkanes of at least 4 members (excludes halogenated alkanes) is 2. The molecule has 0 aromatic rings. The zero-order valence-corrected chi connectivity index (χ0v) is 12.6. The summed E-state index contributed by atoms with van der Waals surface area (Å²) >= 11 is 5.91. The summed E-state index contributed by atoms with van der Waals surface area (Å²) in [5, 5.41) is 0. The highest BCUT2D eigenvalue weighted by Gasteiger charge is 2.19. The first kappa shape index (κ1) is 16.0. The maximum atomic E-state index is 10.9. The van der Waals surface area contributed by atoms with Crippen LogP contribution >= 0.6 is 11.6 Å². The molecule has 1 rings (SSSR count). The van der Waals surface area contributed by atoms with Gasteiger partial charge in [-0.05, 0) is 39.2 Å². The van der Waals surface area contributed by atoms with Gasteiger partial charge in [-0.1, -0.05) is 25.7 Å².